The zero-order chi connectivity index (χ0) is 15.9. The van der Waals surface area contributed by atoms with Crippen LogP contribution in [0.1, 0.15) is 31.0 Å². The van der Waals surface area contributed by atoms with Crippen molar-refractivity contribution in [2.45, 2.75) is 26.3 Å². The van der Waals surface area contributed by atoms with Crippen LogP contribution in [0.4, 0.5) is 0 Å². The Kier molecular flexibility index (Phi) is 6.01. The molecule has 0 heterocycles. The predicted octanol–water partition coefficient (Wildman–Crippen LogP) is 4.27. The third-order valence-electron chi connectivity index (χ3n) is 3.43. The summed E-state index contributed by atoms with van der Waals surface area (Å²) >= 11 is 3.43. The van der Waals surface area contributed by atoms with Crippen molar-refractivity contribution >= 4 is 21.8 Å². The van der Waals surface area contributed by atoms with Crippen LogP contribution >= 0.6 is 15.9 Å². The molecule has 2 aromatic carbocycles. The molecule has 0 saturated heterocycles. The van der Waals surface area contributed by atoms with Gasteiger partial charge in [-0.25, -0.2) is 0 Å². The van der Waals surface area contributed by atoms with Crippen molar-refractivity contribution in [3.63, 3.8) is 0 Å². The average molecular weight is 362 g/mol. The molecule has 1 atom stereocenters. The Morgan fingerprint density at radius 1 is 1.23 bits per heavy atom. The smallest absolute Gasteiger partial charge is 0.258 e. The van der Waals surface area contributed by atoms with Gasteiger partial charge in [-0.05, 0) is 48.7 Å². The van der Waals surface area contributed by atoms with Crippen LogP contribution in [0.5, 0.6) is 5.75 Å². The summed E-state index contributed by atoms with van der Waals surface area (Å²) in [5.41, 5.74) is 2.30. The van der Waals surface area contributed by atoms with E-state index in [0.29, 0.717) is 5.75 Å². The molecule has 0 fully saturated rings. The van der Waals surface area contributed by atoms with Gasteiger partial charge in [0.2, 0.25) is 0 Å². The van der Waals surface area contributed by atoms with Gasteiger partial charge in [0.1, 0.15) is 5.75 Å². The lowest BCUT2D eigenvalue weighted by Crippen LogP contribution is -2.31. The first kappa shape index (κ1) is 16.6. The molecule has 0 bridgehead atoms. The monoisotopic (exact) mass is 361 g/mol. The summed E-state index contributed by atoms with van der Waals surface area (Å²) in [7, 11) is 0. The summed E-state index contributed by atoms with van der Waals surface area (Å²) in [5.74, 6) is 0.578. The lowest BCUT2D eigenvalue weighted by molar-refractivity contribution is -0.123. The highest BCUT2D eigenvalue weighted by molar-refractivity contribution is 9.10. The molecule has 1 N–H and O–H groups in total. The van der Waals surface area contributed by atoms with E-state index in [4.69, 9.17) is 4.74 Å². The highest BCUT2D eigenvalue weighted by Crippen LogP contribution is 2.18. The summed E-state index contributed by atoms with van der Waals surface area (Å²) in [4.78, 5) is 12.0. The number of nitrogens with one attached hydrogen (secondary N) is 1. The Labute approximate surface area is 139 Å². The number of aryl methyl sites for hydroxylation is 1. The van der Waals surface area contributed by atoms with Gasteiger partial charge in [-0.3, -0.25) is 4.79 Å². The average Bonchev–Trinajstić information content (AvgIpc) is 2.53. The van der Waals surface area contributed by atoms with Crippen molar-refractivity contribution in [3.8, 4) is 5.75 Å². The minimum Gasteiger partial charge on any atom is -0.484 e. The number of carbonyl (C=O) groups is 1. The summed E-state index contributed by atoms with van der Waals surface area (Å²) in [6, 6.07) is 15.6. The van der Waals surface area contributed by atoms with Gasteiger partial charge in [0.25, 0.3) is 5.91 Å². The first-order valence-corrected chi connectivity index (χ1v) is 8.14. The van der Waals surface area contributed by atoms with Gasteiger partial charge in [-0.2, -0.15) is 0 Å². The zero-order valence-electron chi connectivity index (χ0n) is 12.8. The maximum absolute atomic E-state index is 12.0. The van der Waals surface area contributed by atoms with E-state index >= 15 is 0 Å². The van der Waals surface area contributed by atoms with Gasteiger partial charge in [-0.15, -0.1) is 0 Å². The Bertz CT molecular complexity index is 625. The molecule has 0 saturated carbocycles. The molecule has 0 aliphatic carbocycles. The minimum absolute atomic E-state index is 0.0177. The minimum atomic E-state index is -0.132. The third kappa shape index (κ3) is 4.88. The Balaban J connectivity index is 1.84. The molecule has 3 nitrogen and oxygen atoms in total. The summed E-state index contributed by atoms with van der Waals surface area (Å²) in [6.07, 6.45) is 0.991. The van der Waals surface area contributed by atoms with Crippen LogP contribution in [0.3, 0.4) is 0 Å². The normalized spacial score (nSPS) is 11.8. The van der Waals surface area contributed by atoms with Crippen molar-refractivity contribution in [3.05, 3.63) is 64.1 Å². The number of hydrogen-bond donors (Lipinski definition) is 1. The predicted molar refractivity (Wildman–Crippen MR) is 92.0 cm³/mol. The maximum Gasteiger partial charge on any atom is 0.258 e. The first-order chi connectivity index (χ1) is 10.6. The van der Waals surface area contributed by atoms with E-state index in [1.807, 2.05) is 55.5 Å². The molecule has 4 heteroatoms. The fraction of sp³-hybridized carbons (Fsp3) is 0.278. The van der Waals surface area contributed by atoms with Crippen molar-refractivity contribution in [1.82, 2.24) is 5.32 Å². The maximum atomic E-state index is 12.0. The highest BCUT2D eigenvalue weighted by atomic mass is 79.9. The third-order valence-corrected chi connectivity index (χ3v) is 3.92. The van der Waals surface area contributed by atoms with E-state index in [0.717, 1.165) is 16.5 Å². The van der Waals surface area contributed by atoms with E-state index < -0.39 is 0 Å². The SMILES string of the molecule is CCc1ccc(OCC(=O)NC(C)c2cccc(Br)c2)cc1. The number of benzene rings is 2. The van der Waals surface area contributed by atoms with Crippen molar-refractivity contribution in [1.29, 1.82) is 0 Å². The summed E-state index contributed by atoms with van der Waals surface area (Å²) < 4.78 is 6.50. The van der Waals surface area contributed by atoms with Crippen molar-refractivity contribution in [2.75, 3.05) is 6.61 Å². The summed E-state index contributed by atoms with van der Waals surface area (Å²) in [6.45, 7) is 4.08. The molecular formula is C18H20BrNO2. The largest absolute Gasteiger partial charge is 0.484 e. The second-order valence-corrected chi connectivity index (χ2v) is 6.05. The highest BCUT2D eigenvalue weighted by Gasteiger charge is 2.10. The zero-order valence-corrected chi connectivity index (χ0v) is 14.4. The molecule has 0 radical (unpaired) electrons. The van der Waals surface area contributed by atoms with Crippen molar-refractivity contribution < 1.29 is 9.53 Å². The molecule has 2 rings (SSSR count). The van der Waals surface area contributed by atoms with Crippen LogP contribution in [-0.4, -0.2) is 12.5 Å². The Morgan fingerprint density at radius 3 is 2.59 bits per heavy atom. The van der Waals surface area contributed by atoms with E-state index in [1.54, 1.807) is 0 Å². The number of amides is 1. The number of rotatable bonds is 6. The number of carbonyl (C=O) groups excluding carboxylic acids is 1. The number of hydrogen-bond acceptors (Lipinski definition) is 2. The molecule has 116 valence electrons. The first-order valence-electron chi connectivity index (χ1n) is 7.35. The van der Waals surface area contributed by atoms with E-state index in [1.165, 1.54) is 5.56 Å². The fourth-order valence-corrected chi connectivity index (χ4v) is 2.53. The standard InChI is InChI=1S/C18H20BrNO2/c1-3-14-7-9-17(10-8-14)22-12-18(21)20-13(2)15-5-4-6-16(19)11-15/h4-11,13H,3,12H2,1-2H3,(H,20,21). The van der Waals surface area contributed by atoms with Gasteiger partial charge in [0, 0.05) is 4.47 Å². The Hall–Kier alpha value is -1.81. The van der Waals surface area contributed by atoms with Crippen LogP contribution < -0.4 is 10.1 Å². The molecule has 1 amide bonds. The van der Waals surface area contributed by atoms with Gasteiger partial charge in [0.05, 0.1) is 6.04 Å². The van der Waals surface area contributed by atoms with Gasteiger partial charge < -0.3 is 10.1 Å². The molecule has 1 unspecified atom stereocenters. The van der Waals surface area contributed by atoms with Gasteiger partial charge in [0.15, 0.2) is 6.61 Å². The lowest BCUT2D eigenvalue weighted by atomic mass is 10.1. The molecule has 0 aliphatic rings. The molecule has 0 aliphatic heterocycles. The van der Waals surface area contributed by atoms with Crippen LogP contribution in [0.2, 0.25) is 0 Å². The van der Waals surface area contributed by atoms with Crippen LogP contribution in [0.25, 0.3) is 0 Å². The lowest BCUT2D eigenvalue weighted by Gasteiger charge is -2.15. The molecular weight excluding hydrogens is 342 g/mol. The van der Waals surface area contributed by atoms with Crippen LogP contribution in [0.15, 0.2) is 53.0 Å². The quantitative estimate of drug-likeness (QED) is 0.834. The number of halogens is 1. The topological polar surface area (TPSA) is 38.3 Å². The van der Waals surface area contributed by atoms with Gasteiger partial charge >= 0.3 is 0 Å². The molecule has 2 aromatic rings. The van der Waals surface area contributed by atoms with E-state index in [2.05, 4.69) is 28.2 Å². The van der Waals surface area contributed by atoms with E-state index in [-0.39, 0.29) is 18.6 Å². The van der Waals surface area contributed by atoms with Gasteiger partial charge in [-0.1, -0.05) is 47.1 Å². The van der Waals surface area contributed by atoms with Crippen LogP contribution in [-0.2, 0) is 11.2 Å². The van der Waals surface area contributed by atoms with E-state index in [9.17, 15) is 4.79 Å². The molecule has 22 heavy (non-hydrogen) atoms. The Morgan fingerprint density at radius 2 is 1.95 bits per heavy atom. The molecule has 0 spiro atoms. The fourth-order valence-electron chi connectivity index (χ4n) is 2.11. The molecule has 0 aromatic heterocycles. The second kappa shape index (κ2) is 7.99. The summed E-state index contributed by atoms with van der Waals surface area (Å²) in [5, 5.41) is 2.93. The number of ether oxygens (including phenoxy) is 1. The van der Waals surface area contributed by atoms with Crippen molar-refractivity contribution in [2.24, 2.45) is 0 Å². The second-order valence-electron chi connectivity index (χ2n) is 5.13. The van der Waals surface area contributed by atoms with Crippen LogP contribution in [0, 0.1) is 0 Å².